The second-order valence-corrected chi connectivity index (χ2v) is 23.1. The molecule has 0 saturated carbocycles. The topological polar surface area (TPSA) is 111 Å². The van der Waals surface area contributed by atoms with E-state index < -0.39 is 32.5 Å². The van der Waals surface area contributed by atoms with Crippen LogP contribution in [0.5, 0.6) is 0 Å². The van der Waals surface area contributed by atoms with Crippen LogP contribution >= 0.6 is 7.82 Å². The van der Waals surface area contributed by atoms with Gasteiger partial charge in [0.25, 0.3) is 7.82 Å². The first-order chi connectivity index (χ1) is 39.0. The summed E-state index contributed by atoms with van der Waals surface area (Å²) in [5.74, 6) is -0.892. The van der Waals surface area contributed by atoms with Gasteiger partial charge in [0.1, 0.15) is 19.8 Å². The molecule has 2 atom stereocenters. The molecule has 0 aliphatic carbocycles. The highest BCUT2D eigenvalue weighted by Crippen LogP contribution is 2.38. The third kappa shape index (κ3) is 63.1. The van der Waals surface area contributed by atoms with Crippen LogP contribution in [-0.2, 0) is 32.7 Å². The lowest BCUT2D eigenvalue weighted by molar-refractivity contribution is -0.870. The zero-order valence-corrected chi connectivity index (χ0v) is 52.4. The monoisotopic (exact) mass is 1130 g/mol. The minimum atomic E-state index is -4.66. The maximum atomic E-state index is 12.8. The molecule has 0 spiro atoms. The van der Waals surface area contributed by atoms with Crippen molar-refractivity contribution >= 4 is 19.8 Å². The summed E-state index contributed by atoms with van der Waals surface area (Å²) < 4.78 is 34.2. The van der Waals surface area contributed by atoms with Crippen molar-refractivity contribution < 1.29 is 42.1 Å². The molecule has 0 radical (unpaired) electrons. The summed E-state index contributed by atoms with van der Waals surface area (Å²) >= 11 is 0. The van der Waals surface area contributed by atoms with Crippen molar-refractivity contribution in [3.8, 4) is 0 Å². The van der Waals surface area contributed by atoms with Crippen LogP contribution in [0.3, 0.4) is 0 Å². The molecule has 80 heavy (non-hydrogen) atoms. The van der Waals surface area contributed by atoms with Gasteiger partial charge in [0.15, 0.2) is 6.10 Å². The summed E-state index contributed by atoms with van der Waals surface area (Å²) in [5, 5.41) is 0. The Morgan fingerprint density at radius 2 is 0.675 bits per heavy atom. The van der Waals surface area contributed by atoms with Gasteiger partial charge in [-0.3, -0.25) is 14.2 Å². The Bertz CT molecular complexity index is 1860. The van der Waals surface area contributed by atoms with Gasteiger partial charge in [-0.2, -0.15) is 0 Å². The first-order valence-corrected chi connectivity index (χ1v) is 33.0. The number of phosphoric acid groups is 1. The highest BCUT2D eigenvalue weighted by Gasteiger charge is 2.21. The summed E-state index contributed by atoms with van der Waals surface area (Å²) in [4.78, 5) is 38.0. The summed E-state index contributed by atoms with van der Waals surface area (Å²) in [6.07, 6.45) is 87.7. The van der Waals surface area contributed by atoms with Crippen molar-refractivity contribution in [1.29, 1.82) is 0 Å². The van der Waals surface area contributed by atoms with Gasteiger partial charge in [-0.1, -0.05) is 250 Å². The summed E-state index contributed by atoms with van der Waals surface area (Å²) in [5.41, 5.74) is 0. The second kappa shape index (κ2) is 59.5. The van der Waals surface area contributed by atoms with Crippen molar-refractivity contribution in [2.75, 3.05) is 47.5 Å². The van der Waals surface area contributed by atoms with Gasteiger partial charge < -0.3 is 27.9 Å². The minimum Gasteiger partial charge on any atom is -0.756 e. The zero-order valence-electron chi connectivity index (χ0n) is 51.5. The number of nitrogens with zero attached hydrogens (tertiary/aromatic N) is 1. The van der Waals surface area contributed by atoms with E-state index >= 15 is 0 Å². The van der Waals surface area contributed by atoms with Crippen molar-refractivity contribution in [2.24, 2.45) is 0 Å². The van der Waals surface area contributed by atoms with Crippen molar-refractivity contribution in [3.05, 3.63) is 146 Å². The molecule has 0 saturated heterocycles. The molecule has 0 N–H and O–H groups in total. The van der Waals surface area contributed by atoms with Gasteiger partial charge in [0.05, 0.1) is 27.7 Å². The summed E-state index contributed by atoms with van der Waals surface area (Å²) in [6.45, 7) is 3.95. The predicted octanol–water partition coefficient (Wildman–Crippen LogP) is 19.6. The number of unbranched alkanes of at least 4 members (excludes halogenated alkanes) is 18. The molecule has 2 unspecified atom stereocenters. The fourth-order valence-corrected chi connectivity index (χ4v) is 8.80. The van der Waals surface area contributed by atoms with E-state index in [0.29, 0.717) is 17.4 Å². The lowest BCUT2D eigenvalue weighted by Gasteiger charge is -2.28. The fourth-order valence-electron chi connectivity index (χ4n) is 8.07. The molecule has 0 aromatic heterocycles. The standard InChI is InChI=1S/C70H116NO8P/c1-6-8-10-12-14-16-18-20-22-24-26-28-30-32-34-35-37-38-40-42-44-46-48-50-52-54-56-58-60-62-69(72)76-66-68(67-78-80(74,75)77-65-64-71(3,4)5)79-70(73)63-61-59-57-55-53-51-49-47-45-43-41-39-36-33-31-29-27-25-23-21-19-17-15-13-11-9-7-2/h8-11,14-17,20-23,26-29,33,36,41,43,47,49,53,55,68H,6-7,12-13,18-19,24-25,30-32,34-35,37-40,42,44-46,48,50-52,54,56-67H2,1-5H3/b10-8-,11-9-,16-14-,17-15-,22-20-,23-21-,28-26-,29-27-,36-33-,43-41-,49-47-,55-53-. The van der Waals surface area contributed by atoms with Gasteiger partial charge >= 0.3 is 11.9 Å². The minimum absolute atomic E-state index is 0.0470. The lowest BCUT2D eigenvalue weighted by atomic mass is 10.0. The first-order valence-electron chi connectivity index (χ1n) is 31.5. The molecule has 0 bridgehead atoms. The van der Waals surface area contributed by atoms with Gasteiger partial charge in [0, 0.05) is 12.8 Å². The molecule has 0 aliphatic heterocycles. The van der Waals surface area contributed by atoms with E-state index in [-0.39, 0.29) is 26.1 Å². The number of allylic oxidation sites excluding steroid dienone is 24. The van der Waals surface area contributed by atoms with Crippen LogP contribution < -0.4 is 4.89 Å². The van der Waals surface area contributed by atoms with Crippen LogP contribution in [0, 0.1) is 0 Å². The van der Waals surface area contributed by atoms with Crippen LogP contribution in [0.25, 0.3) is 0 Å². The van der Waals surface area contributed by atoms with E-state index in [0.717, 1.165) is 109 Å². The first kappa shape index (κ1) is 75.9. The highest BCUT2D eigenvalue weighted by atomic mass is 31.2. The number of quaternary nitrogens is 1. The van der Waals surface area contributed by atoms with Crippen LogP contribution in [0.2, 0.25) is 0 Å². The van der Waals surface area contributed by atoms with Crippen molar-refractivity contribution in [3.63, 3.8) is 0 Å². The van der Waals surface area contributed by atoms with Crippen LogP contribution in [0.15, 0.2) is 146 Å². The molecule has 0 aromatic rings. The molecule has 0 amide bonds. The smallest absolute Gasteiger partial charge is 0.306 e. The molecule has 0 aliphatic rings. The van der Waals surface area contributed by atoms with Crippen LogP contribution in [0.1, 0.15) is 232 Å². The predicted molar refractivity (Wildman–Crippen MR) is 341 cm³/mol. The van der Waals surface area contributed by atoms with Gasteiger partial charge in [-0.25, -0.2) is 0 Å². The maximum absolute atomic E-state index is 12.8. The van der Waals surface area contributed by atoms with E-state index in [4.69, 9.17) is 18.5 Å². The van der Waals surface area contributed by atoms with Gasteiger partial charge in [-0.05, 0) is 116 Å². The number of hydrogen-bond donors (Lipinski definition) is 0. The molecular weight excluding hydrogens is 1010 g/mol. The maximum Gasteiger partial charge on any atom is 0.306 e. The van der Waals surface area contributed by atoms with Crippen molar-refractivity contribution in [1.82, 2.24) is 0 Å². The van der Waals surface area contributed by atoms with Gasteiger partial charge in [-0.15, -0.1) is 0 Å². The number of likely N-dealkylation sites (N-methyl/N-ethyl adjacent to an activating group) is 1. The number of ether oxygens (including phenoxy) is 2. The lowest BCUT2D eigenvalue weighted by Crippen LogP contribution is -2.37. The Balaban J connectivity index is 4.22. The number of phosphoric ester groups is 1. The van der Waals surface area contributed by atoms with Crippen LogP contribution in [0.4, 0.5) is 0 Å². The molecule has 9 nitrogen and oxygen atoms in total. The Morgan fingerprint density at radius 1 is 0.388 bits per heavy atom. The fraction of sp³-hybridized carbons (Fsp3) is 0.629. The Kier molecular flexibility index (Phi) is 56.5. The normalized spacial score (nSPS) is 14.2. The SMILES string of the molecule is CC/C=C\C/C=C\C/C=C\C/C=C\C/C=C\C/C=C\C/C=C\C/C=C\CCCCC(=O)OC(COC(=O)CCCCCCCCCCCCCCCCCC/C=C\C/C=C\C/C=C\C/C=C\CC)COP(=O)([O-])OCC[N+](C)(C)C. The quantitative estimate of drug-likeness (QED) is 0.0195. The third-order valence-electron chi connectivity index (χ3n) is 12.9. The molecule has 0 rings (SSSR count). The number of carbonyl (C=O) groups excluding carboxylic acids is 2. The number of carbonyl (C=O) groups is 2. The number of rotatable bonds is 56. The summed E-state index contributed by atoms with van der Waals surface area (Å²) in [6, 6.07) is 0. The molecule has 454 valence electrons. The van der Waals surface area contributed by atoms with E-state index in [9.17, 15) is 19.0 Å². The molecular formula is C70H116NO8P. The number of hydrogen-bond acceptors (Lipinski definition) is 8. The second-order valence-electron chi connectivity index (χ2n) is 21.7. The van der Waals surface area contributed by atoms with Gasteiger partial charge in [0.2, 0.25) is 0 Å². The number of esters is 2. The molecule has 10 heteroatoms. The average molecular weight is 1130 g/mol. The Morgan fingerprint density at radius 3 is 1.02 bits per heavy atom. The molecule has 0 aromatic carbocycles. The van der Waals surface area contributed by atoms with Crippen molar-refractivity contribution in [2.45, 2.75) is 238 Å². The van der Waals surface area contributed by atoms with Crippen LogP contribution in [-0.4, -0.2) is 70.0 Å². The molecule has 0 fully saturated rings. The third-order valence-corrected chi connectivity index (χ3v) is 13.8. The van der Waals surface area contributed by atoms with E-state index in [1.165, 1.54) is 89.9 Å². The van der Waals surface area contributed by atoms with E-state index in [1.54, 1.807) is 0 Å². The summed E-state index contributed by atoms with van der Waals surface area (Å²) in [7, 11) is 1.12. The molecule has 0 heterocycles. The zero-order chi connectivity index (χ0) is 58.4. The highest BCUT2D eigenvalue weighted by molar-refractivity contribution is 7.45. The Hall–Kier alpha value is -4.11. The van der Waals surface area contributed by atoms with E-state index in [1.807, 2.05) is 21.1 Å². The Labute approximate surface area is 491 Å². The largest absolute Gasteiger partial charge is 0.756 e. The van der Waals surface area contributed by atoms with E-state index in [2.05, 4.69) is 160 Å². The average Bonchev–Trinajstić information content (AvgIpc) is 3.42.